The number of nitrogens with zero attached hydrogens (tertiary/aromatic N) is 1. The molecule has 0 saturated carbocycles. The molecule has 0 radical (unpaired) electrons. The maximum atomic E-state index is 10.7. The van der Waals surface area contributed by atoms with Gasteiger partial charge < -0.3 is 0 Å². The fourth-order valence-corrected chi connectivity index (χ4v) is 2.64. The van der Waals surface area contributed by atoms with Crippen molar-refractivity contribution >= 4 is 40.8 Å². The summed E-state index contributed by atoms with van der Waals surface area (Å²) in [6.07, 6.45) is 0.801. The van der Waals surface area contributed by atoms with Crippen molar-refractivity contribution in [1.29, 1.82) is 0 Å². The van der Waals surface area contributed by atoms with Crippen LogP contribution in [0.15, 0.2) is 18.2 Å². The molecule has 82 valence electrons. The van der Waals surface area contributed by atoms with Gasteiger partial charge in [-0.1, -0.05) is 23.2 Å². The number of hydrogen-bond acceptors (Lipinski definition) is 3. The van der Waals surface area contributed by atoms with E-state index in [1.54, 1.807) is 25.1 Å². The topological polar surface area (TPSA) is 30.0 Å². The van der Waals surface area contributed by atoms with E-state index in [2.05, 4.69) is 4.98 Å². The molecule has 0 fully saturated rings. The molecule has 0 N–H and O–H groups in total. The standard InChI is InChI=1S/C11H7Cl2NOS/c1-6-10(5-15)16-11(14-6)8-4-7(12)2-3-9(8)13/h2-5H,1H3. The van der Waals surface area contributed by atoms with Crippen molar-refractivity contribution in [2.45, 2.75) is 6.92 Å². The Kier molecular flexibility index (Phi) is 3.28. The molecule has 0 bridgehead atoms. The Morgan fingerprint density at radius 2 is 2.12 bits per heavy atom. The second kappa shape index (κ2) is 4.53. The summed E-state index contributed by atoms with van der Waals surface area (Å²) in [4.78, 5) is 15.6. The zero-order valence-corrected chi connectivity index (χ0v) is 10.7. The second-order valence-electron chi connectivity index (χ2n) is 3.21. The summed E-state index contributed by atoms with van der Waals surface area (Å²) in [6.45, 7) is 1.79. The van der Waals surface area contributed by atoms with Crippen LogP contribution in [-0.2, 0) is 0 Å². The van der Waals surface area contributed by atoms with E-state index in [0.717, 1.165) is 11.8 Å². The number of hydrogen-bond donors (Lipinski definition) is 0. The number of thiazole rings is 1. The Morgan fingerprint density at radius 3 is 2.75 bits per heavy atom. The first-order valence-corrected chi connectivity index (χ1v) is 6.07. The van der Waals surface area contributed by atoms with Gasteiger partial charge in [0.25, 0.3) is 0 Å². The fraction of sp³-hybridized carbons (Fsp3) is 0.0909. The minimum atomic E-state index is 0.579. The molecular formula is C11H7Cl2NOS. The van der Waals surface area contributed by atoms with Gasteiger partial charge in [0.15, 0.2) is 6.29 Å². The van der Waals surface area contributed by atoms with Gasteiger partial charge in [-0.3, -0.25) is 4.79 Å². The zero-order chi connectivity index (χ0) is 11.7. The molecule has 0 amide bonds. The molecule has 0 atom stereocenters. The van der Waals surface area contributed by atoms with E-state index >= 15 is 0 Å². The van der Waals surface area contributed by atoms with Gasteiger partial charge in [-0.15, -0.1) is 11.3 Å². The van der Waals surface area contributed by atoms with E-state index in [-0.39, 0.29) is 0 Å². The van der Waals surface area contributed by atoms with Crippen LogP contribution in [0.4, 0.5) is 0 Å². The summed E-state index contributed by atoms with van der Waals surface area (Å²) in [5.74, 6) is 0. The Bertz CT molecular complexity index is 551. The minimum Gasteiger partial charge on any atom is -0.297 e. The van der Waals surface area contributed by atoms with E-state index in [0.29, 0.717) is 25.6 Å². The second-order valence-corrected chi connectivity index (χ2v) is 5.08. The van der Waals surface area contributed by atoms with Gasteiger partial charge in [0.2, 0.25) is 0 Å². The van der Waals surface area contributed by atoms with Gasteiger partial charge in [-0.2, -0.15) is 0 Å². The molecule has 2 aromatic rings. The highest BCUT2D eigenvalue weighted by atomic mass is 35.5. The van der Waals surface area contributed by atoms with Crippen LogP contribution < -0.4 is 0 Å². The summed E-state index contributed by atoms with van der Waals surface area (Å²) < 4.78 is 0. The molecule has 16 heavy (non-hydrogen) atoms. The van der Waals surface area contributed by atoms with Crippen molar-refractivity contribution in [3.05, 3.63) is 38.8 Å². The molecule has 2 nitrogen and oxygen atoms in total. The third kappa shape index (κ3) is 2.12. The minimum absolute atomic E-state index is 0.579. The highest BCUT2D eigenvalue weighted by Crippen LogP contribution is 2.34. The lowest BCUT2D eigenvalue weighted by atomic mass is 10.2. The molecule has 0 aliphatic heterocycles. The van der Waals surface area contributed by atoms with Crippen molar-refractivity contribution in [3.63, 3.8) is 0 Å². The molecule has 0 aliphatic rings. The lowest BCUT2D eigenvalue weighted by Crippen LogP contribution is -1.80. The number of carbonyl (C=O) groups is 1. The summed E-state index contributed by atoms with van der Waals surface area (Å²) >= 11 is 13.3. The van der Waals surface area contributed by atoms with Gasteiger partial charge in [0.05, 0.1) is 15.6 Å². The molecule has 5 heteroatoms. The Labute approximate surface area is 107 Å². The molecule has 0 unspecified atom stereocenters. The predicted octanol–water partition coefficient (Wildman–Crippen LogP) is 4.24. The Balaban J connectivity index is 2.57. The van der Waals surface area contributed by atoms with Crippen LogP contribution in [0.1, 0.15) is 15.4 Å². The van der Waals surface area contributed by atoms with Crippen molar-refractivity contribution in [2.24, 2.45) is 0 Å². The van der Waals surface area contributed by atoms with Crippen LogP contribution in [0.25, 0.3) is 10.6 Å². The largest absolute Gasteiger partial charge is 0.297 e. The number of carbonyl (C=O) groups excluding carboxylic acids is 1. The van der Waals surface area contributed by atoms with E-state index < -0.39 is 0 Å². The predicted molar refractivity (Wildman–Crippen MR) is 67.7 cm³/mol. The third-order valence-electron chi connectivity index (χ3n) is 2.10. The molecule has 2 rings (SSSR count). The van der Waals surface area contributed by atoms with Crippen LogP contribution in [0.3, 0.4) is 0 Å². The molecular weight excluding hydrogens is 265 g/mol. The van der Waals surface area contributed by atoms with Gasteiger partial charge in [0.1, 0.15) is 5.01 Å². The number of rotatable bonds is 2. The van der Waals surface area contributed by atoms with Gasteiger partial charge in [0, 0.05) is 10.6 Å². The van der Waals surface area contributed by atoms with Crippen molar-refractivity contribution in [1.82, 2.24) is 4.98 Å². The number of aldehydes is 1. The first kappa shape index (κ1) is 11.6. The van der Waals surface area contributed by atoms with E-state index in [1.165, 1.54) is 11.3 Å². The number of benzene rings is 1. The average Bonchev–Trinajstić information content (AvgIpc) is 2.63. The number of aryl methyl sites for hydroxylation is 1. The molecule has 0 aliphatic carbocycles. The first-order valence-electron chi connectivity index (χ1n) is 4.50. The van der Waals surface area contributed by atoms with Gasteiger partial charge in [-0.05, 0) is 25.1 Å². The van der Waals surface area contributed by atoms with Crippen molar-refractivity contribution in [2.75, 3.05) is 0 Å². The maximum absolute atomic E-state index is 10.7. The van der Waals surface area contributed by atoms with E-state index in [1.807, 2.05) is 0 Å². The Hall–Kier alpha value is -0.900. The van der Waals surface area contributed by atoms with E-state index in [9.17, 15) is 4.79 Å². The van der Waals surface area contributed by atoms with Crippen molar-refractivity contribution in [3.8, 4) is 10.6 Å². The molecule has 0 spiro atoms. The van der Waals surface area contributed by atoms with Gasteiger partial charge in [-0.25, -0.2) is 4.98 Å². The highest BCUT2D eigenvalue weighted by Gasteiger charge is 2.11. The lowest BCUT2D eigenvalue weighted by molar-refractivity contribution is 0.112. The number of aromatic nitrogens is 1. The zero-order valence-electron chi connectivity index (χ0n) is 8.33. The average molecular weight is 272 g/mol. The van der Waals surface area contributed by atoms with Gasteiger partial charge >= 0.3 is 0 Å². The van der Waals surface area contributed by atoms with Crippen LogP contribution in [0.2, 0.25) is 10.0 Å². The molecule has 1 aromatic heterocycles. The molecule has 1 heterocycles. The summed E-state index contributed by atoms with van der Waals surface area (Å²) in [7, 11) is 0. The third-order valence-corrected chi connectivity index (χ3v) is 3.78. The first-order chi connectivity index (χ1) is 7.61. The lowest BCUT2D eigenvalue weighted by Gasteiger charge is -2.00. The molecule has 0 saturated heterocycles. The Morgan fingerprint density at radius 1 is 1.38 bits per heavy atom. The van der Waals surface area contributed by atoms with Crippen molar-refractivity contribution < 1.29 is 4.79 Å². The molecule has 1 aromatic carbocycles. The number of halogens is 2. The summed E-state index contributed by atoms with van der Waals surface area (Å²) in [5.41, 5.74) is 1.47. The monoisotopic (exact) mass is 271 g/mol. The van der Waals surface area contributed by atoms with Crippen LogP contribution in [0.5, 0.6) is 0 Å². The normalized spacial score (nSPS) is 10.4. The summed E-state index contributed by atoms with van der Waals surface area (Å²) in [5, 5.41) is 1.89. The smallest absolute Gasteiger partial charge is 0.161 e. The fourth-order valence-electron chi connectivity index (χ4n) is 1.29. The van der Waals surface area contributed by atoms with E-state index in [4.69, 9.17) is 23.2 Å². The quantitative estimate of drug-likeness (QED) is 0.765. The van der Waals surface area contributed by atoms with Crippen LogP contribution in [0, 0.1) is 6.92 Å². The summed E-state index contributed by atoms with van der Waals surface area (Å²) in [6, 6.07) is 5.18. The van der Waals surface area contributed by atoms with Crippen LogP contribution in [-0.4, -0.2) is 11.3 Å². The maximum Gasteiger partial charge on any atom is 0.161 e. The SMILES string of the molecule is Cc1nc(-c2cc(Cl)ccc2Cl)sc1C=O. The van der Waals surface area contributed by atoms with Crippen LogP contribution >= 0.6 is 34.5 Å². The highest BCUT2D eigenvalue weighted by molar-refractivity contribution is 7.16.